The zero-order valence-corrected chi connectivity index (χ0v) is 18.9. The predicted molar refractivity (Wildman–Crippen MR) is 114 cm³/mol. The van der Waals surface area contributed by atoms with E-state index in [0.29, 0.717) is 6.54 Å². The largest absolute Gasteiger partial charge is 0.466 e. The zero-order valence-electron chi connectivity index (χ0n) is 18.0. The minimum absolute atomic E-state index is 0.573. The van der Waals surface area contributed by atoms with E-state index in [2.05, 4.69) is 12.2 Å². The van der Waals surface area contributed by atoms with E-state index in [4.69, 9.17) is 19.2 Å². The quantitative estimate of drug-likeness (QED) is 0.172. The lowest BCUT2D eigenvalue weighted by Crippen LogP contribution is -2.35. The second kappa shape index (κ2) is 19.4. The first-order valence-electron chi connectivity index (χ1n) is 10.8. The highest BCUT2D eigenvalue weighted by molar-refractivity contribution is 7.45. The van der Waals surface area contributed by atoms with Crippen molar-refractivity contribution >= 4 is 7.82 Å². The van der Waals surface area contributed by atoms with Gasteiger partial charge in [0.2, 0.25) is 0 Å². The third-order valence-corrected chi connectivity index (χ3v) is 4.26. The first-order valence-corrected chi connectivity index (χ1v) is 12.3. The van der Waals surface area contributed by atoms with Crippen LogP contribution in [0, 0.1) is 0 Å². The van der Waals surface area contributed by atoms with Crippen LogP contribution in [0.4, 0.5) is 0 Å². The van der Waals surface area contributed by atoms with Crippen LogP contribution in [0.25, 0.3) is 0 Å². The maximum absolute atomic E-state index is 9.57. The second-order valence-corrected chi connectivity index (χ2v) is 9.13. The Hall–Kier alpha value is 0.0300. The van der Waals surface area contributed by atoms with Crippen LogP contribution >= 0.6 is 7.82 Å². The van der Waals surface area contributed by atoms with Gasteiger partial charge in [0.05, 0.1) is 5.60 Å². The molecule has 0 aliphatic heterocycles. The van der Waals surface area contributed by atoms with Crippen LogP contribution in [-0.4, -0.2) is 38.5 Å². The van der Waals surface area contributed by atoms with Gasteiger partial charge in [-0.25, -0.2) is 4.57 Å². The molecule has 0 aromatic rings. The molecule has 0 rings (SSSR count). The summed E-state index contributed by atoms with van der Waals surface area (Å²) in [5, 5.41) is 12.9. The summed E-state index contributed by atoms with van der Waals surface area (Å²) in [4.78, 5) is 21.6. The molecular formula is C20H46NO5P. The summed E-state index contributed by atoms with van der Waals surface area (Å²) in [6.07, 6.45) is 19.7. The monoisotopic (exact) mass is 411 g/mol. The number of rotatable bonds is 17. The van der Waals surface area contributed by atoms with E-state index in [1.807, 2.05) is 13.8 Å². The highest BCUT2D eigenvalue weighted by Gasteiger charge is 2.10. The number of unbranched alkanes of at least 4 members (excludes halogenated alkanes) is 13. The van der Waals surface area contributed by atoms with Crippen molar-refractivity contribution in [2.24, 2.45) is 0 Å². The zero-order chi connectivity index (χ0) is 21.0. The molecule has 0 bridgehead atoms. The summed E-state index contributed by atoms with van der Waals surface area (Å²) >= 11 is 0. The average Bonchev–Trinajstić information content (AvgIpc) is 2.52. The topological polar surface area (TPSA) is 110 Å². The van der Waals surface area contributed by atoms with Crippen LogP contribution in [0.2, 0.25) is 0 Å². The summed E-state index contributed by atoms with van der Waals surface area (Å²) in [7, 11) is -4.64. The maximum Gasteiger partial charge on any atom is 0.466 e. The van der Waals surface area contributed by atoms with E-state index in [1.165, 1.54) is 89.9 Å². The smallest absolute Gasteiger partial charge is 0.389 e. The number of phosphoric acid groups is 1. The van der Waals surface area contributed by atoms with Gasteiger partial charge >= 0.3 is 7.82 Å². The average molecular weight is 412 g/mol. The highest BCUT2D eigenvalue weighted by Crippen LogP contribution is 2.25. The van der Waals surface area contributed by atoms with Gasteiger partial charge in [0.15, 0.2) is 0 Å². The van der Waals surface area contributed by atoms with Crippen LogP contribution in [0.1, 0.15) is 111 Å². The second-order valence-electron chi connectivity index (χ2n) is 8.10. The molecule has 166 valence electrons. The van der Waals surface area contributed by atoms with Gasteiger partial charge in [0.1, 0.15) is 0 Å². The number of hydrogen-bond donors (Lipinski definition) is 5. The Morgan fingerprint density at radius 1 is 0.704 bits per heavy atom. The Morgan fingerprint density at radius 3 is 1.30 bits per heavy atom. The van der Waals surface area contributed by atoms with Gasteiger partial charge in [-0.2, -0.15) is 0 Å². The predicted octanol–water partition coefficient (Wildman–Crippen LogP) is 4.90. The third kappa shape index (κ3) is 41.5. The molecule has 0 atom stereocenters. The van der Waals surface area contributed by atoms with E-state index in [0.717, 1.165) is 6.54 Å². The lowest BCUT2D eigenvalue weighted by Gasteiger charge is -2.17. The molecule has 0 saturated carbocycles. The van der Waals surface area contributed by atoms with E-state index in [-0.39, 0.29) is 0 Å². The molecule has 7 heteroatoms. The fourth-order valence-electron chi connectivity index (χ4n) is 2.84. The van der Waals surface area contributed by atoms with Crippen LogP contribution < -0.4 is 5.32 Å². The van der Waals surface area contributed by atoms with Gasteiger partial charge in [-0.15, -0.1) is 0 Å². The number of aliphatic hydroxyl groups is 1. The van der Waals surface area contributed by atoms with Crippen molar-refractivity contribution in [3.8, 4) is 0 Å². The highest BCUT2D eigenvalue weighted by atomic mass is 31.2. The van der Waals surface area contributed by atoms with Gasteiger partial charge in [0, 0.05) is 6.54 Å². The summed E-state index contributed by atoms with van der Waals surface area (Å²) in [6.45, 7) is 7.73. The summed E-state index contributed by atoms with van der Waals surface area (Å²) in [5.74, 6) is 0. The van der Waals surface area contributed by atoms with Gasteiger partial charge < -0.3 is 25.1 Å². The first-order chi connectivity index (χ1) is 12.6. The van der Waals surface area contributed by atoms with Crippen LogP contribution in [-0.2, 0) is 4.57 Å². The molecule has 5 N–H and O–H groups in total. The Bertz CT molecular complexity index is 333. The van der Waals surface area contributed by atoms with Crippen molar-refractivity contribution in [2.45, 2.75) is 116 Å². The Balaban J connectivity index is 0. The Kier molecular flexibility index (Phi) is 21.0. The summed E-state index contributed by atoms with van der Waals surface area (Å²) in [5.41, 5.74) is -0.573. The van der Waals surface area contributed by atoms with E-state index < -0.39 is 13.4 Å². The molecule has 0 aromatic heterocycles. The molecule has 0 aliphatic carbocycles. The van der Waals surface area contributed by atoms with E-state index in [1.54, 1.807) is 0 Å². The SMILES string of the molecule is CCCCCCCCCCCCCCCCNCC(C)(C)O.O=P(O)(O)O. The van der Waals surface area contributed by atoms with Crippen LogP contribution in [0.5, 0.6) is 0 Å². The van der Waals surface area contributed by atoms with Gasteiger partial charge in [-0.05, 0) is 26.8 Å². The molecule has 27 heavy (non-hydrogen) atoms. The van der Waals surface area contributed by atoms with Crippen molar-refractivity contribution in [2.75, 3.05) is 13.1 Å². The molecule has 0 unspecified atom stereocenters. The number of nitrogens with one attached hydrogen (secondary N) is 1. The van der Waals surface area contributed by atoms with Crippen LogP contribution in [0.3, 0.4) is 0 Å². The fraction of sp³-hybridized carbons (Fsp3) is 1.00. The van der Waals surface area contributed by atoms with E-state index in [9.17, 15) is 5.11 Å². The summed E-state index contributed by atoms with van der Waals surface area (Å²) in [6, 6.07) is 0. The molecular weight excluding hydrogens is 365 g/mol. The standard InChI is InChI=1S/C20H43NO.H3O4P/c1-4-5-6-7-8-9-10-11-12-13-14-15-16-17-18-21-19-20(2,3)22;1-5(2,3)4/h21-22H,4-19H2,1-3H3;(H3,1,2,3,4). The third-order valence-electron chi connectivity index (χ3n) is 4.26. The molecule has 0 aliphatic rings. The molecule has 0 fully saturated rings. The van der Waals surface area contributed by atoms with E-state index >= 15 is 0 Å². The molecule has 6 nitrogen and oxygen atoms in total. The fourth-order valence-corrected chi connectivity index (χ4v) is 2.84. The lowest BCUT2D eigenvalue weighted by molar-refractivity contribution is 0.0799. The lowest BCUT2D eigenvalue weighted by atomic mass is 10.0. The normalized spacial score (nSPS) is 12.0. The molecule has 0 amide bonds. The maximum atomic E-state index is 9.57. The molecule has 0 heterocycles. The first kappa shape index (κ1) is 29.2. The van der Waals surface area contributed by atoms with Crippen molar-refractivity contribution < 1.29 is 24.4 Å². The Morgan fingerprint density at radius 2 is 1.00 bits per heavy atom. The minimum Gasteiger partial charge on any atom is -0.389 e. The molecule has 0 radical (unpaired) electrons. The summed E-state index contributed by atoms with van der Waals surface area (Å²) < 4.78 is 8.88. The minimum atomic E-state index is -4.64. The van der Waals surface area contributed by atoms with Gasteiger partial charge in [-0.3, -0.25) is 0 Å². The Labute approximate surface area is 167 Å². The molecule has 0 saturated heterocycles. The van der Waals surface area contributed by atoms with Gasteiger partial charge in [-0.1, -0.05) is 90.4 Å². The molecule has 0 spiro atoms. The van der Waals surface area contributed by atoms with Crippen LogP contribution in [0.15, 0.2) is 0 Å². The van der Waals surface area contributed by atoms with Gasteiger partial charge in [0.25, 0.3) is 0 Å². The van der Waals surface area contributed by atoms with Crippen molar-refractivity contribution in [1.29, 1.82) is 0 Å². The van der Waals surface area contributed by atoms with Crippen molar-refractivity contribution in [3.05, 3.63) is 0 Å². The van der Waals surface area contributed by atoms with Crippen molar-refractivity contribution in [1.82, 2.24) is 5.32 Å². The number of hydrogen-bond acceptors (Lipinski definition) is 3. The van der Waals surface area contributed by atoms with Crippen molar-refractivity contribution in [3.63, 3.8) is 0 Å². The molecule has 0 aromatic carbocycles.